The van der Waals surface area contributed by atoms with Gasteiger partial charge in [0, 0.05) is 0 Å². The number of amides is 1. The molecule has 0 radical (unpaired) electrons. The quantitative estimate of drug-likeness (QED) is 0.190. The number of hydrogen-bond donors (Lipinski definition) is 1. The predicted octanol–water partition coefficient (Wildman–Crippen LogP) is 3.85. The van der Waals surface area contributed by atoms with Gasteiger partial charge in [-0.05, 0) is 51.9 Å². The summed E-state index contributed by atoms with van der Waals surface area (Å²) < 4.78 is 27.5. The molecular formula is C23H39NO8Si. The van der Waals surface area contributed by atoms with Crippen molar-refractivity contribution >= 4 is 26.3 Å². The zero-order valence-corrected chi connectivity index (χ0v) is 22.5. The normalized spacial score (nSPS) is 21.4. The smallest absolute Gasteiger partial charge is 0.408 e. The van der Waals surface area contributed by atoms with E-state index in [1.807, 2.05) is 13.1 Å². The fourth-order valence-electron chi connectivity index (χ4n) is 2.90. The van der Waals surface area contributed by atoms with E-state index in [0.29, 0.717) is 0 Å². The predicted molar refractivity (Wildman–Crippen MR) is 126 cm³/mol. The molecule has 33 heavy (non-hydrogen) atoms. The van der Waals surface area contributed by atoms with Gasteiger partial charge in [0.2, 0.25) is 0 Å². The van der Waals surface area contributed by atoms with Crippen LogP contribution in [-0.2, 0) is 33.0 Å². The molecule has 188 valence electrons. The molecule has 0 unspecified atom stereocenters. The molecule has 3 atom stereocenters. The van der Waals surface area contributed by atoms with Crippen LogP contribution in [0.5, 0.6) is 0 Å². The highest BCUT2D eigenvalue weighted by atomic mass is 28.4. The number of ether oxygens (including phenoxy) is 4. The summed E-state index contributed by atoms with van der Waals surface area (Å²) in [5.74, 6) is -1.62. The van der Waals surface area contributed by atoms with E-state index in [1.54, 1.807) is 26.8 Å². The summed E-state index contributed by atoms with van der Waals surface area (Å²) in [5.41, 5.74) is -0.457. The summed E-state index contributed by atoms with van der Waals surface area (Å²) in [6, 6.07) is -0.676. The molecule has 0 aromatic rings. The Morgan fingerprint density at radius 3 is 2.09 bits per heavy atom. The molecule has 1 amide bonds. The van der Waals surface area contributed by atoms with Crippen LogP contribution in [0.3, 0.4) is 0 Å². The lowest BCUT2D eigenvalue weighted by Crippen LogP contribution is -2.58. The third-order valence-electron chi connectivity index (χ3n) is 5.64. The van der Waals surface area contributed by atoms with E-state index in [-0.39, 0.29) is 22.8 Å². The van der Waals surface area contributed by atoms with Gasteiger partial charge in [-0.25, -0.2) is 14.4 Å². The third kappa shape index (κ3) is 7.88. The first kappa shape index (κ1) is 28.7. The molecule has 1 N–H and O–H groups in total. The second kappa shape index (κ2) is 10.7. The number of carbonyl (C=O) groups excluding carboxylic acids is 3. The summed E-state index contributed by atoms with van der Waals surface area (Å²) in [6.07, 6.45) is -0.663. The largest absolute Gasteiger partial charge is 0.478 e. The Kier molecular flexibility index (Phi) is 9.33. The van der Waals surface area contributed by atoms with Gasteiger partial charge in [-0.2, -0.15) is 0 Å². The van der Waals surface area contributed by atoms with Crippen molar-refractivity contribution < 1.29 is 37.8 Å². The van der Waals surface area contributed by atoms with E-state index in [1.165, 1.54) is 14.2 Å². The Morgan fingerprint density at radius 2 is 1.64 bits per heavy atom. The molecule has 0 aliphatic heterocycles. The van der Waals surface area contributed by atoms with E-state index in [4.69, 9.17) is 23.4 Å². The van der Waals surface area contributed by atoms with Crippen LogP contribution in [0.25, 0.3) is 0 Å². The highest BCUT2D eigenvalue weighted by Crippen LogP contribution is 2.40. The number of rotatable bonds is 7. The van der Waals surface area contributed by atoms with Crippen molar-refractivity contribution in [3.05, 3.63) is 24.0 Å². The van der Waals surface area contributed by atoms with E-state index >= 15 is 0 Å². The van der Waals surface area contributed by atoms with E-state index < -0.39 is 50.2 Å². The lowest BCUT2D eigenvalue weighted by atomic mass is 9.89. The van der Waals surface area contributed by atoms with Gasteiger partial charge in [0.05, 0.1) is 25.8 Å². The Labute approximate surface area is 197 Å². The number of methoxy groups -OCH3 is 2. The van der Waals surface area contributed by atoms with Crippen molar-refractivity contribution in [3.63, 3.8) is 0 Å². The minimum Gasteiger partial charge on any atom is -0.478 e. The van der Waals surface area contributed by atoms with Gasteiger partial charge in [0.1, 0.15) is 17.8 Å². The minimum atomic E-state index is -2.45. The molecule has 1 aliphatic carbocycles. The van der Waals surface area contributed by atoms with Gasteiger partial charge >= 0.3 is 18.0 Å². The first-order valence-corrected chi connectivity index (χ1v) is 13.7. The highest BCUT2D eigenvalue weighted by molar-refractivity contribution is 6.74. The molecule has 0 bridgehead atoms. The number of esters is 2. The second-order valence-corrected chi connectivity index (χ2v) is 15.2. The van der Waals surface area contributed by atoms with Crippen molar-refractivity contribution in [2.24, 2.45) is 0 Å². The standard InChI is InChI=1S/C23H39NO8Si/c1-14(19(25)28-8)30-18-16(24-21(27)31-22(2,3)4)13-12-15(20(26)29-9)17(18)32-33(10,11)23(5,6)7/h12,16-18H,1,13H2,2-11H3,(H,24,27)/t16-,17+,18+/m1/s1. The Hall–Kier alpha value is -2.33. The first-order valence-electron chi connectivity index (χ1n) is 10.8. The minimum absolute atomic E-state index is 0.191. The summed E-state index contributed by atoms with van der Waals surface area (Å²) in [7, 11) is 0.0373. The van der Waals surface area contributed by atoms with E-state index in [9.17, 15) is 14.4 Å². The first-order chi connectivity index (χ1) is 14.9. The molecule has 0 fully saturated rings. The Morgan fingerprint density at radius 1 is 1.06 bits per heavy atom. The maximum atomic E-state index is 12.6. The molecule has 0 aromatic heterocycles. The van der Waals surface area contributed by atoms with Crippen LogP contribution < -0.4 is 5.32 Å². The molecule has 9 nitrogen and oxygen atoms in total. The van der Waals surface area contributed by atoms with Crippen molar-refractivity contribution in [1.82, 2.24) is 5.32 Å². The van der Waals surface area contributed by atoms with Crippen molar-refractivity contribution in [3.8, 4) is 0 Å². The van der Waals surface area contributed by atoms with Gasteiger partial charge in [-0.15, -0.1) is 0 Å². The van der Waals surface area contributed by atoms with Crippen LogP contribution in [0.2, 0.25) is 18.1 Å². The summed E-state index contributed by atoms with van der Waals surface area (Å²) in [5, 5.41) is 2.59. The summed E-state index contributed by atoms with van der Waals surface area (Å²) in [4.78, 5) is 37.2. The van der Waals surface area contributed by atoms with Gasteiger partial charge in [0.15, 0.2) is 14.1 Å². The van der Waals surface area contributed by atoms with Gasteiger partial charge in [-0.3, -0.25) is 0 Å². The third-order valence-corrected chi connectivity index (χ3v) is 10.1. The zero-order valence-electron chi connectivity index (χ0n) is 21.5. The Bertz CT molecular complexity index is 791. The van der Waals surface area contributed by atoms with Crippen LogP contribution in [0.15, 0.2) is 24.0 Å². The second-order valence-electron chi connectivity index (χ2n) is 10.4. The molecule has 1 aliphatic rings. The van der Waals surface area contributed by atoms with Crippen molar-refractivity contribution in [2.75, 3.05) is 14.2 Å². The fourth-order valence-corrected chi connectivity index (χ4v) is 4.15. The van der Waals surface area contributed by atoms with Crippen LogP contribution >= 0.6 is 0 Å². The van der Waals surface area contributed by atoms with E-state index in [0.717, 1.165) is 0 Å². The molecule has 0 spiro atoms. The SMILES string of the molecule is C=C(O[C@H]1[C@H](NC(=O)OC(C)(C)C)CC=C(C(=O)OC)[C@@H]1O[Si](C)(C)C(C)(C)C)C(=O)OC. The Balaban J connectivity index is 3.46. The number of hydrogen-bond acceptors (Lipinski definition) is 8. The van der Waals surface area contributed by atoms with Crippen molar-refractivity contribution in [1.29, 1.82) is 0 Å². The summed E-state index contributed by atoms with van der Waals surface area (Å²) in [6.45, 7) is 19.1. The maximum Gasteiger partial charge on any atom is 0.408 e. The van der Waals surface area contributed by atoms with Gasteiger partial charge in [0.25, 0.3) is 0 Å². The van der Waals surface area contributed by atoms with Gasteiger partial charge < -0.3 is 28.7 Å². The monoisotopic (exact) mass is 485 g/mol. The van der Waals surface area contributed by atoms with E-state index in [2.05, 4.69) is 32.7 Å². The van der Waals surface area contributed by atoms with Crippen LogP contribution in [-0.4, -0.2) is 64.4 Å². The molecule has 0 saturated heterocycles. The topological polar surface area (TPSA) is 109 Å². The molecule has 1 rings (SSSR count). The number of alkyl carbamates (subject to hydrolysis) is 1. The molecule has 0 saturated carbocycles. The maximum absolute atomic E-state index is 12.6. The van der Waals surface area contributed by atoms with Gasteiger partial charge in [-0.1, -0.05) is 26.8 Å². The number of nitrogens with one attached hydrogen (secondary N) is 1. The fraction of sp³-hybridized carbons (Fsp3) is 0.696. The van der Waals surface area contributed by atoms with Crippen LogP contribution in [0, 0.1) is 0 Å². The number of carbonyl (C=O) groups is 3. The zero-order chi connectivity index (χ0) is 25.8. The van der Waals surface area contributed by atoms with Crippen LogP contribution in [0.4, 0.5) is 4.79 Å². The molecule has 0 aromatic carbocycles. The van der Waals surface area contributed by atoms with Crippen LogP contribution in [0.1, 0.15) is 48.0 Å². The summed E-state index contributed by atoms with van der Waals surface area (Å²) >= 11 is 0. The molecular weight excluding hydrogens is 446 g/mol. The average Bonchev–Trinajstić information content (AvgIpc) is 2.66. The van der Waals surface area contributed by atoms with Crippen molar-refractivity contribution in [2.45, 2.75) is 89.9 Å². The molecule has 10 heteroatoms. The lowest BCUT2D eigenvalue weighted by molar-refractivity contribution is -0.143. The highest BCUT2D eigenvalue weighted by Gasteiger charge is 2.48. The molecule has 0 heterocycles. The average molecular weight is 486 g/mol. The lowest BCUT2D eigenvalue weighted by Gasteiger charge is -2.44.